The number of nitrogens with two attached hydrogens (primary N) is 1. The van der Waals surface area contributed by atoms with Crippen molar-refractivity contribution in [1.82, 2.24) is 4.90 Å². The molecule has 0 radical (unpaired) electrons. The lowest BCUT2D eigenvalue weighted by Gasteiger charge is -2.22. The molecule has 1 amide bonds. The predicted octanol–water partition coefficient (Wildman–Crippen LogP) is 1.21. The van der Waals surface area contributed by atoms with Gasteiger partial charge in [-0.15, -0.1) is 0 Å². The van der Waals surface area contributed by atoms with Crippen molar-refractivity contribution in [2.45, 2.75) is 25.2 Å². The van der Waals surface area contributed by atoms with E-state index in [0.29, 0.717) is 30.8 Å². The first kappa shape index (κ1) is 16.0. The molecule has 1 heterocycles. The monoisotopic (exact) mass is 310 g/mol. The first-order chi connectivity index (χ1) is 9.66. The number of likely N-dealkylation sites (tertiary alicyclic amines) is 1. The summed E-state index contributed by atoms with van der Waals surface area (Å²) < 4.78 is 23.5. The standard InChI is InChI=1S/C15H22N2O3S/c1-11-4-5-12(8-13(11)21(3,19)20)14(18)17-7-6-15(2,9-16)10-17/h4-5,8H,6-7,9-10,16H2,1-3H3. The van der Waals surface area contributed by atoms with E-state index in [-0.39, 0.29) is 16.2 Å². The third kappa shape index (κ3) is 3.27. The third-order valence-electron chi connectivity index (χ3n) is 4.17. The van der Waals surface area contributed by atoms with E-state index in [1.54, 1.807) is 24.0 Å². The number of hydrogen-bond donors (Lipinski definition) is 1. The van der Waals surface area contributed by atoms with Crippen molar-refractivity contribution in [3.63, 3.8) is 0 Å². The maximum Gasteiger partial charge on any atom is 0.253 e. The summed E-state index contributed by atoms with van der Waals surface area (Å²) in [6, 6.07) is 4.84. The summed E-state index contributed by atoms with van der Waals surface area (Å²) in [7, 11) is -3.33. The Labute approximate surface area is 126 Å². The molecule has 1 fully saturated rings. The maximum atomic E-state index is 12.5. The highest BCUT2D eigenvalue weighted by atomic mass is 32.2. The van der Waals surface area contributed by atoms with Gasteiger partial charge in [0.2, 0.25) is 0 Å². The van der Waals surface area contributed by atoms with Crippen LogP contribution in [0.2, 0.25) is 0 Å². The molecule has 116 valence electrons. The number of hydrogen-bond acceptors (Lipinski definition) is 4. The van der Waals surface area contributed by atoms with Crippen LogP contribution in [-0.4, -0.2) is 45.1 Å². The van der Waals surface area contributed by atoms with E-state index < -0.39 is 9.84 Å². The molecule has 1 aliphatic rings. The third-order valence-corrected chi connectivity index (χ3v) is 5.41. The number of carbonyl (C=O) groups excluding carboxylic acids is 1. The lowest BCUT2D eigenvalue weighted by Crippen LogP contribution is -2.34. The SMILES string of the molecule is Cc1ccc(C(=O)N2CCC(C)(CN)C2)cc1S(C)(=O)=O. The first-order valence-electron chi connectivity index (χ1n) is 6.96. The molecule has 0 spiro atoms. The van der Waals surface area contributed by atoms with Crippen molar-refractivity contribution in [3.05, 3.63) is 29.3 Å². The van der Waals surface area contributed by atoms with Crippen LogP contribution in [0.1, 0.15) is 29.3 Å². The van der Waals surface area contributed by atoms with Crippen LogP contribution in [0.3, 0.4) is 0 Å². The van der Waals surface area contributed by atoms with Crippen LogP contribution in [0.4, 0.5) is 0 Å². The molecular weight excluding hydrogens is 288 g/mol. The van der Waals surface area contributed by atoms with E-state index in [1.165, 1.54) is 6.07 Å². The molecule has 1 saturated heterocycles. The second kappa shape index (κ2) is 5.42. The molecule has 0 saturated carbocycles. The smallest absolute Gasteiger partial charge is 0.253 e. The molecule has 1 unspecified atom stereocenters. The Morgan fingerprint density at radius 1 is 1.43 bits per heavy atom. The summed E-state index contributed by atoms with van der Waals surface area (Å²) >= 11 is 0. The highest BCUT2D eigenvalue weighted by Gasteiger charge is 2.35. The van der Waals surface area contributed by atoms with Gasteiger partial charge in [-0.25, -0.2) is 8.42 Å². The van der Waals surface area contributed by atoms with Gasteiger partial charge in [-0.05, 0) is 43.0 Å². The first-order valence-corrected chi connectivity index (χ1v) is 8.85. The molecule has 2 N–H and O–H groups in total. The van der Waals surface area contributed by atoms with Gasteiger partial charge in [0.05, 0.1) is 4.90 Å². The number of benzene rings is 1. The fourth-order valence-corrected chi connectivity index (χ4v) is 3.67. The van der Waals surface area contributed by atoms with Crippen molar-refractivity contribution in [1.29, 1.82) is 0 Å². The van der Waals surface area contributed by atoms with Crippen LogP contribution in [0.5, 0.6) is 0 Å². The zero-order valence-electron chi connectivity index (χ0n) is 12.7. The molecule has 1 aromatic rings. The summed E-state index contributed by atoms with van der Waals surface area (Å²) in [6.07, 6.45) is 2.03. The number of sulfone groups is 1. The predicted molar refractivity (Wildman–Crippen MR) is 82.0 cm³/mol. The van der Waals surface area contributed by atoms with Crippen molar-refractivity contribution in [2.24, 2.45) is 11.1 Å². The number of amides is 1. The molecule has 1 aliphatic heterocycles. The quantitative estimate of drug-likeness (QED) is 0.910. The molecule has 5 nitrogen and oxygen atoms in total. The topological polar surface area (TPSA) is 80.5 Å². The highest BCUT2D eigenvalue weighted by Crippen LogP contribution is 2.30. The van der Waals surface area contributed by atoms with Crippen molar-refractivity contribution in [2.75, 3.05) is 25.9 Å². The Morgan fingerprint density at radius 2 is 2.10 bits per heavy atom. The fraction of sp³-hybridized carbons (Fsp3) is 0.533. The maximum absolute atomic E-state index is 12.5. The number of aryl methyl sites for hydroxylation is 1. The number of nitrogens with zero attached hydrogens (tertiary/aromatic N) is 1. The highest BCUT2D eigenvalue weighted by molar-refractivity contribution is 7.90. The molecular formula is C15H22N2O3S. The van der Waals surface area contributed by atoms with Gasteiger partial charge in [0, 0.05) is 24.9 Å². The van der Waals surface area contributed by atoms with Crippen LogP contribution in [0.15, 0.2) is 23.1 Å². The molecule has 0 aliphatic carbocycles. The molecule has 0 bridgehead atoms. The summed E-state index contributed by atoms with van der Waals surface area (Å²) in [5, 5.41) is 0. The lowest BCUT2D eigenvalue weighted by molar-refractivity contribution is 0.0776. The minimum Gasteiger partial charge on any atom is -0.338 e. The van der Waals surface area contributed by atoms with E-state index in [0.717, 1.165) is 12.7 Å². The van der Waals surface area contributed by atoms with Gasteiger partial charge in [0.25, 0.3) is 5.91 Å². The van der Waals surface area contributed by atoms with Crippen LogP contribution in [-0.2, 0) is 9.84 Å². The van der Waals surface area contributed by atoms with E-state index in [2.05, 4.69) is 6.92 Å². The Bertz CT molecular complexity index is 669. The van der Waals surface area contributed by atoms with Crippen molar-refractivity contribution < 1.29 is 13.2 Å². The summed E-state index contributed by atoms with van der Waals surface area (Å²) in [4.78, 5) is 14.5. The van der Waals surface area contributed by atoms with Crippen LogP contribution < -0.4 is 5.73 Å². The fourth-order valence-electron chi connectivity index (χ4n) is 2.68. The molecule has 21 heavy (non-hydrogen) atoms. The number of carbonyl (C=O) groups is 1. The van der Waals surface area contributed by atoms with E-state index in [9.17, 15) is 13.2 Å². The largest absolute Gasteiger partial charge is 0.338 e. The summed E-state index contributed by atoms with van der Waals surface area (Å²) in [5.74, 6) is -0.128. The van der Waals surface area contributed by atoms with Gasteiger partial charge in [0.1, 0.15) is 0 Å². The van der Waals surface area contributed by atoms with Crippen LogP contribution >= 0.6 is 0 Å². The van der Waals surface area contributed by atoms with Crippen molar-refractivity contribution in [3.8, 4) is 0 Å². The van der Waals surface area contributed by atoms with Gasteiger partial charge >= 0.3 is 0 Å². The molecule has 2 rings (SSSR count). The van der Waals surface area contributed by atoms with Gasteiger partial charge in [0.15, 0.2) is 9.84 Å². The van der Waals surface area contributed by atoms with Gasteiger partial charge in [-0.1, -0.05) is 13.0 Å². The second-order valence-corrected chi connectivity index (χ2v) is 8.23. The average molecular weight is 310 g/mol. The van der Waals surface area contributed by atoms with E-state index in [1.807, 2.05) is 0 Å². The minimum atomic E-state index is -3.33. The average Bonchev–Trinajstić information content (AvgIpc) is 2.81. The van der Waals surface area contributed by atoms with Crippen molar-refractivity contribution >= 4 is 15.7 Å². The second-order valence-electron chi connectivity index (χ2n) is 6.24. The molecule has 1 aromatic carbocycles. The van der Waals surface area contributed by atoms with Crippen LogP contribution in [0.25, 0.3) is 0 Å². The Morgan fingerprint density at radius 3 is 2.62 bits per heavy atom. The van der Waals surface area contributed by atoms with Gasteiger partial charge in [-0.2, -0.15) is 0 Å². The van der Waals surface area contributed by atoms with Gasteiger partial charge < -0.3 is 10.6 Å². The lowest BCUT2D eigenvalue weighted by atomic mass is 9.90. The Balaban J connectivity index is 2.30. The van der Waals surface area contributed by atoms with Crippen LogP contribution in [0, 0.1) is 12.3 Å². The molecule has 6 heteroatoms. The van der Waals surface area contributed by atoms with E-state index >= 15 is 0 Å². The molecule has 0 aromatic heterocycles. The zero-order chi connectivity index (χ0) is 15.8. The Kier molecular flexibility index (Phi) is 4.13. The zero-order valence-corrected chi connectivity index (χ0v) is 13.5. The minimum absolute atomic E-state index is 0.0416. The molecule has 1 atom stereocenters. The summed E-state index contributed by atoms with van der Waals surface area (Å²) in [5.41, 5.74) is 6.78. The summed E-state index contributed by atoms with van der Waals surface area (Å²) in [6.45, 7) is 5.61. The number of rotatable bonds is 3. The normalized spacial score (nSPS) is 22.6. The van der Waals surface area contributed by atoms with Gasteiger partial charge in [-0.3, -0.25) is 4.79 Å². The Hall–Kier alpha value is -1.40. The van der Waals surface area contributed by atoms with E-state index in [4.69, 9.17) is 5.73 Å².